The van der Waals surface area contributed by atoms with Crippen LogP contribution in [0, 0.1) is 17.2 Å². The number of nitrogens with two attached hydrogens (primary N) is 1. The Bertz CT molecular complexity index is 485. The third-order valence-corrected chi connectivity index (χ3v) is 4.21. The third-order valence-electron chi connectivity index (χ3n) is 4.21. The number of hydrogen-bond donors (Lipinski definition) is 2. The van der Waals surface area contributed by atoms with Gasteiger partial charge in [0.25, 0.3) is 0 Å². The van der Waals surface area contributed by atoms with E-state index in [1.807, 2.05) is 18.2 Å². The fourth-order valence-electron chi connectivity index (χ4n) is 2.87. The van der Waals surface area contributed by atoms with Gasteiger partial charge >= 0.3 is 0 Å². The van der Waals surface area contributed by atoms with Crippen molar-refractivity contribution in [1.82, 2.24) is 4.90 Å². The molecule has 4 heteroatoms. The molecule has 20 heavy (non-hydrogen) atoms. The molecule has 1 aliphatic rings. The highest BCUT2D eigenvalue weighted by Crippen LogP contribution is 2.26. The molecule has 0 bridgehead atoms. The highest BCUT2D eigenvalue weighted by Gasteiger charge is 2.24. The molecular weight excluding hydrogens is 250 g/mol. The highest BCUT2D eigenvalue weighted by molar-refractivity contribution is 5.97. The largest absolute Gasteiger partial charge is 0.496 e. The van der Waals surface area contributed by atoms with E-state index in [0.717, 1.165) is 18.4 Å². The van der Waals surface area contributed by atoms with E-state index in [2.05, 4.69) is 18.7 Å². The van der Waals surface area contributed by atoms with Crippen LogP contribution in [-0.2, 0) is 6.54 Å². The van der Waals surface area contributed by atoms with E-state index in [1.54, 1.807) is 7.11 Å². The summed E-state index contributed by atoms with van der Waals surface area (Å²) in [5.74, 6) is 2.31. The molecule has 1 atom stereocenters. The normalized spacial score (nSPS) is 19.5. The first kappa shape index (κ1) is 14.9. The van der Waals surface area contributed by atoms with Gasteiger partial charge in [-0.1, -0.05) is 19.9 Å². The average Bonchev–Trinajstić information content (AvgIpc) is 2.87. The Morgan fingerprint density at radius 2 is 2.25 bits per heavy atom. The monoisotopic (exact) mass is 275 g/mol. The number of ether oxygens (including phenoxy) is 1. The molecule has 1 aromatic rings. The number of nitrogen functional groups attached to an aromatic ring is 1. The number of likely N-dealkylation sites (tertiary alicyclic amines) is 1. The van der Waals surface area contributed by atoms with Crippen LogP contribution in [0.5, 0.6) is 5.75 Å². The van der Waals surface area contributed by atoms with Gasteiger partial charge in [0.15, 0.2) is 0 Å². The maximum absolute atomic E-state index is 7.53. The van der Waals surface area contributed by atoms with Gasteiger partial charge in [-0.05, 0) is 42.5 Å². The first-order valence-corrected chi connectivity index (χ1v) is 7.25. The standard InChI is InChI=1S/C16H25N3O/c1-11(2)13-6-7-19(10-13)9-12-4-5-14(16(17)18)15(8-12)20-3/h4-5,8,11,13H,6-7,9-10H2,1-3H3,(H3,17,18). The fraction of sp³-hybridized carbons (Fsp3) is 0.562. The molecule has 1 fully saturated rings. The van der Waals surface area contributed by atoms with Crippen molar-refractivity contribution in [1.29, 1.82) is 5.41 Å². The Balaban J connectivity index is 2.05. The summed E-state index contributed by atoms with van der Waals surface area (Å²) in [7, 11) is 1.62. The van der Waals surface area contributed by atoms with Gasteiger partial charge < -0.3 is 10.5 Å². The summed E-state index contributed by atoms with van der Waals surface area (Å²) in [5, 5.41) is 7.53. The maximum atomic E-state index is 7.53. The summed E-state index contributed by atoms with van der Waals surface area (Å²) in [6.07, 6.45) is 1.29. The van der Waals surface area contributed by atoms with Crippen molar-refractivity contribution in [2.75, 3.05) is 20.2 Å². The van der Waals surface area contributed by atoms with Crippen LogP contribution in [0.15, 0.2) is 18.2 Å². The summed E-state index contributed by atoms with van der Waals surface area (Å²) in [4.78, 5) is 2.49. The summed E-state index contributed by atoms with van der Waals surface area (Å²) in [5.41, 5.74) is 7.43. The number of methoxy groups -OCH3 is 1. The lowest BCUT2D eigenvalue weighted by Crippen LogP contribution is -2.21. The molecule has 0 aliphatic carbocycles. The van der Waals surface area contributed by atoms with Gasteiger partial charge in [0.05, 0.1) is 12.7 Å². The van der Waals surface area contributed by atoms with Gasteiger partial charge in [0, 0.05) is 13.1 Å². The van der Waals surface area contributed by atoms with E-state index < -0.39 is 0 Å². The molecule has 1 aliphatic heterocycles. The molecule has 4 nitrogen and oxygen atoms in total. The average molecular weight is 275 g/mol. The minimum Gasteiger partial charge on any atom is -0.496 e. The zero-order valence-corrected chi connectivity index (χ0v) is 12.6. The number of rotatable bonds is 5. The molecule has 0 radical (unpaired) electrons. The Morgan fingerprint density at radius 3 is 2.80 bits per heavy atom. The van der Waals surface area contributed by atoms with Crippen LogP contribution in [0.4, 0.5) is 0 Å². The van der Waals surface area contributed by atoms with Gasteiger partial charge in [-0.2, -0.15) is 0 Å². The van der Waals surface area contributed by atoms with E-state index in [-0.39, 0.29) is 5.84 Å². The Morgan fingerprint density at radius 1 is 1.50 bits per heavy atom. The summed E-state index contributed by atoms with van der Waals surface area (Å²) in [6, 6.07) is 5.92. The zero-order valence-electron chi connectivity index (χ0n) is 12.6. The summed E-state index contributed by atoms with van der Waals surface area (Å²) < 4.78 is 5.33. The minimum absolute atomic E-state index is 0.0504. The van der Waals surface area contributed by atoms with Gasteiger partial charge in [-0.25, -0.2) is 0 Å². The first-order valence-electron chi connectivity index (χ1n) is 7.25. The second-order valence-corrected chi connectivity index (χ2v) is 5.98. The molecular formula is C16H25N3O. The van der Waals surface area contributed by atoms with Crippen LogP contribution in [0.3, 0.4) is 0 Å². The molecule has 0 aromatic heterocycles. The lowest BCUT2D eigenvalue weighted by atomic mass is 9.95. The van der Waals surface area contributed by atoms with E-state index in [1.165, 1.54) is 25.1 Å². The number of benzene rings is 1. The SMILES string of the molecule is COc1cc(CN2CCC(C(C)C)C2)ccc1C(=N)N. The van der Waals surface area contributed by atoms with E-state index in [9.17, 15) is 0 Å². The number of nitrogens with zero attached hydrogens (tertiary/aromatic N) is 1. The van der Waals surface area contributed by atoms with Gasteiger partial charge in [-0.15, -0.1) is 0 Å². The second kappa shape index (κ2) is 6.27. The molecule has 110 valence electrons. The van der Waals surface area contributed by atoms with Crippen LogP contribution in [0.2, 0.25) is 0 Å². The van der Waals surface area contributed by atoms with Gasteiger partial charge in [-0.3, -0.25) is 10.3 Å². The molecule has 0 saturated carbocycles. The number of nitrogens with one attached hydrogen (secondary N) is 1. The fourth-order valence-corrected chi connectivity index (χ4v) is 2.87. The molecule has 1 aromatic carbocycles. The van der Waals surface area contributed by atoms with Crippen LogP contribution >= 0.6 is 0 Å². The van der Waals surface area contributed by atoms with Crippen LogP contribution in [0.25, 0.3) is 0 Å². The first-order chi connectivity index (χ1) is 9.51. The lowest BCUT2D eigenvalue weighted by Gasteiger charge is -2.18. The predicted molar refractivity (Wildman–Crippen MR) is 82.2 cm³/mol. The van der Waals surface area contributed by atoms with Crippen molar-refractivity contribution in [2.24, 2.45) is 17.6 Å². The lowest BCUT2D eigenvalue weighted by molar-refractivity contribution is 0.296. The van der Waals surface area contributed by atoms with Crippen molar-refractivity contribution in [2.45, 2.75) is 26.8 Å². The summed E-state index contributed by atoms with van der Waals surface area (Å²) in [6.45, 7) is 7.89. The van der Waals surface area contributed by atoms with Crippen molar-refractivity contribution >= 4 is 5.84 Å². The quantitative estimate of drug-likeness (QED) is 0.641. The molecule has 2 rings (SSSR count). The van der Waals surface area contributed by atoms with Crippen molar-refractivity contribution in [3.05, 3.63) is 29.3 Å². The topological polar surface area (TPSA) is 62.3 Å². The van der Waals surface area contributed by atoms with E-state index in [4.69, 9.17) is 15.9 Å². The van der Waals surface area contributed by atoms with Crippen molar-refractivity contribution < 1.29 is 4.74 Å². The maximum Gasteiger partial charge on any atom is 0.130 e. The van der Waals surface area contributed by atoms with Crippen LogP contribution in [-0.4, -0.2) is 30.9 Å². The van der Waals surface area contributed by atoms with E-state index >= 15 is 0 Å². The highest BCUT2D eigenvalue weighted by atomic mass is 16.5. The Hall–Kier alpha value is -1.55. The second-order valence-electron chi connectivity index (χ2n) is 5.98. The molecule has 1 saturated heterocycles. The van der Waals surface area contributed by atoms with E-state index in [0.29, 0.717) is 11.3 Å². The van der Waals surface area contributed by atoms with Gasteiger partial charge in [0.1, 0.15) is 11.6 Å². The minimum atomic E-state index is 0.0504. The molecule has 1 unspecified atom stereocenters. The zero-order chi connectivity index (χ0) is 14.7. The Labute approximate surface area is 121 Å². The molecule has 1 heterocycles. The number of amidine groups is 1. The Kier molecular flexibility index (Phi) is 4.65. The third kappa shape index (κ3) is 3.31. The van der Waals surface area contributed by atoms with Crippen LogP contribution in [0.1, 0.15) is 31.4 Å². The van der Waals surface area contributed by atoms with Gasteiger partial charge in [0.2, 0.25) is 0 Å². The molecule has 3 N–H and O–H groups in total. The number of hydrogen-bond acceptors (Lipinski definition) is 3. The molecule has 0 amide bonds. The van der Waals surface area contributed by atoms with Crippen LogP contribution < -0.4 is 10.5 Å². The van der Waals surface area contributed by atoms with Crippen molar-refractivity contribution in [3.63, 3.8) is 0 Å². The predicted octanol–water partition coefficient (Wildman–Crippen LogP) is 2.46. The summed E-state index contributed by atoms with van der Waals surface area (Å²) >= 11 is 0. The smallest absolute Gasteiger partial charge is 0.130 e. The molecule has 0 spiro atoms. The van der Waals surface area contributed by atoms with Crippen molar-refractivity contribution in [3.8, 4) is 5.75 Å².